The third kappa shape index (κ3) is 6.66. The predicted molar refractivity (Wildman–Crippen MR) is 131 cm³/mol. The number of amides is 2. The molecule has 0 radical (unpaired) electrons. The van der Waals surface area contributed by atoms with E-state index in [-0.39, 0.29) is 22.2 Å². The maximum atomic E-state index is 14.8. The maximum absolute atomic E-state index is 14.8. The van der Waals surface area contributed by atoms with Crippen molar-refractivity contribution in [2.45, 2.75) is 32.6 Å². The SMILES string of the molecule is C=C(/C=C\C(=C/C)OC)[C@H](C(=O)Nc1cc(F)c([Si](C)(C)C)cc1F)N(C)C(=O)c1cc(O)no1. The first-order valence-corrected chi connectivity index (χ1v) is 14.1. The minimum Gasteiger partial charge on any atom is -0.497 e. The number of aromatic hydroxyl groups is 1. The van der Waals surface area contributed by atoms with Crippen molar-refractivity contribution in [2.24, 2.45) is 0 Å². The number of nitrogens with zero attached hydrogens (tertiary/aromatic N) is 2. The van der Waals surface area contributed by atoms with Crippen molar-refractivity contribution in [1.29, 1.82) is 0 Å². The van der Waals surface area contributed by atoms with E-state index in [0.29, 0.717) is 5.76 Å². The molecule has 0 fully saturated rings. The molecule has 2 rings (SSSR count). The summed E-state index contributed by atoms with van der Waals surface area (Å²) in [6, 6.07) is 1.64. The van der Waals surface area contributed by atoms with Gasteiger partial charge in [0.05, 0.1) is 26.9 Å². The number of methoxy groups -OCH3 is 1. The van der Waals surface area contributed by atoms with Crippen LogP contribution in [0.25, 0.3) is 0 Å². The van der Waals surface area contributed by atoms with Crippen LogP contribution in [0.2, 0.25) is 19.6 Å². The van der Waals surface area contributed by atoms with E-state index in [1.165, 1.54) is 26.3 Å². The lowest BCUT2D eigenvalue weighted by Crippen LogP contribution is -2.46. The first-order chi connectivity index (χ1) is 16.3. The highest BCUT2D eigenvalue weighted by atomic mass is 28.3. The molecule has 1 aromatic carbocycles. The van der Waals surface area contributed by atoms with Crippen molar-refractivity contribution < 1.29 is 32.7 Å². The van der Waals surface area contributed by atoms with Gasteiger partial charge in [-0.2, -0.15) is 0 Å². The number of hydrogen-bond acceptors (Lipinski definition) is 6. The van der Waals surface area contributed by atoms with Crippen molar-refractivity contribution in [1.82, 2.24) is 10.1 Å². The zero-order chi connectivity index (χ0) is 26.5. The second kappa shape index (κ2) is 11.1. The fourth-order valence-corrected chi connectivity index (χ4v) is 4.58. The number of anilines is 1. The van der Waals surface area contributed by atoms with Crippen LogP contribution in [0.15, 0.2) is 58.9 Å². The standard InChI is InChI=1S/C24H29F2N3O5Si/c1-8-15(33-4)10-9-14(2)22(29(3)24(32)19-13-21(30)28-34-19)23(31)27-18-11-17(26)20(12-16(18)25)35(5,6)7/h8-13,22H,2H2,1,3-7H3,(H,27,31)(H,28,30)/b10-9-,15-8+/t22-/m1/s1. The summed E-state index contributed by atoms with van der Waals surface area (Å²) in [5.41, 5.74) is -0.237. The third-order valence-electron chi connectivity index (χ3n) is 5.12. The molecule has 2 N–H and O–H groups in total. The van der Waals surface area contributed by atoms with Crippen molar-refractivity contribution in [3.8, 4) is 5.88 Å². The summed E-state index contributed by atoms with van der Waals surface area (Å²) >= 11 is 0. The quantitative estimate of drug-likeness (QED) is 0.304. The van der Waals surface area contributed by atoms with Crippen LogP contribution < -0.4 is 10.5 Å². The number of aromatic nitrogens is 1. The largest absolute Gasteiger partial charge is 0.497 e. The Hall–Kier alpha value is -3.73. The molecule has 2 amide bonds. The molecule has 0 saturated carbocycles. The molecule has 1 heterocycles. The van der Waals surface area contributed by atoms with Crippen molar-refractivity contribution in [3.05, 3.63) is 71.7 Å². The van der Waals surface area contributed by atoms with E-state index in [4.69, 9.17) is 9.26 Å². The average molecular weight is 506 g/mol. The zero-order valence-corrected chi connectivity index (χ0v) is 21.5. The van der Waals surface area contributed by atoms with Gasteiger partial charge in [0, 0.05) is 13.1 Å². The molecule has 0 bridgehead atoms. The Morgan fingerprint density at radius 3 is 2.40 bits per heavy atom. The van der Waals surface area contributed by atoms with Gasteiger partial charge in [-0.15, -0.1) is 0 Å². The molecule has 0 spiro atoms. The van der Waals surface area contributed by atoms with Crippen LogP contribution >= 0.6 is 0 Å². The van der Waals surface area contributed by atoms with Crippen molar-refractivity contribution in [2.75, 3.05) is 19.5 Å². The van der Waals surface area contributed by atoms with Crippen LogP contribution in [0.3, 0.4) is 0 Å². The Balaban J connectivity index is 2.44. The average Bonchev–Trinajstić information content (AvgIpc) is 3.21. The summed E-state index contributed by atoms with van der Waals surface area (Å²) in [5.74, 6) is -3.46. The molecular weight excluding hydrogens is 476 g/mol. The normalized spacial score (nSPS) is 13.0. The number of ether oxygens (including phenoxy) is 1. The lowest BCUT2D eigenvalue weighted by molar-refractivity contribution is -0.119. The van der Waals surface area contributed by atoms with Crippen molar-refractivity contribution >= 4 is 30.8 Å². The fraction of sp³-hybridized carbons (Fsp3) is 0.292. The van der Waals surface area contributed by atoms with E-state index >= 15 is 0 Å². The van der Waals surface area contributed by atoms with Crippen LogP contribution in [0.4, 0.5) is 14.5 Å². The molecule has 0 aliphatic carbocycles. The van der Waals surface area contributed by atoms with Crippen LogP contribution in [0.1, 0.15) is 17.5 Å². The van der Waals surface area contributed by atoms with Gasteiger partial charge < -0.3 is 24.6 Å². The number of carbonyl (C=O) groups is 2. The summed E-state index contributed by atoms with van der Waals surface area (Å²) in [6.45, 7) is 11.2. The smallest absolute Gasteiger partial charge is 0.293 e. The number of likely N-dealkylation sites (N-methyl/N-ethyl adjacent to an activating group) is 1. The molecule has 11 heteroatoms. The number of halogens is 2. The van der Waals surface area contributed by atoms with Gasteiger partial charge in [-0.1, -0.05) is 32.3 Å². The van der Waals surface area contributed by atoms with Crippen LogP contribution in [-0.4, -0.2) is 55.3 Å². The summed E-state index contributed by atoms with van der Waals surface area (Å²) in [4.78, 5) is 27.1. The van der Waals surface area contributed by atoms with Gasteiger partial charge in [-0.05, 0) is 41.1 Å². The maximum Gasteiger partial charge on any atom is 0.293 e. The minimum absolute atomic E-state index is 0.137. The van der Waals surface area contributed by atoms with E-state index in [1.807, 2.05) is 19.6 Å². The first-order valence-electron chi connectivity index (χ1n) is 10.6. The van der Waals surface area contributed by atoms with Crippen LogP contribution in [0.5, 0.6) is 5.88 Å². The Kier molecular flexibility index (Phi) is 8.75. The van der Waals surface area contributed by atoms with E-state index in [2.05, 4.69) is 17.1 Å². The second-order valence-electron chi connectivity index (χ2n) is 8.72. The van der Waals surface area contributed by atoms with E-state index in [1.54, 1.807) is 13.0 Å². The van der Waals surface area contributed by atoms with E-state index in [9.17, 15) is 23.5 Å². The highest BCUT2D eigenvalue weighted by Crippen LogP contribution is 2.21. The molecule has 0 unspecified atom stereocenters. The van der Waals surface area contributed by atoms with Gasteiger partial charge in [0.25, 0.3) is 17.7 Å². The van der Waals surface area contributed by atoms with Gasteiger partial charge in [0.2, 0.25) is 5.76 Å². The van der Waals surface area contributed by atoms with Gasteiger partial charge in [-0.25, -0.2) is 8.78 Å². The van der Waals surface area contributed by atoms with E-state index < -0.39 is 43.4 Å². The lowest BCUT2D eigenvalue weighted by Gasteiger charge is -2.27. The summed E-state index contributed by atoms with van der Waals surface area (Å²) in [5, 5.41) is 15.3. The van der Waals surface area contributed by atoms with Gasteiger partial charge >= 0.3 is 0 Å². The molecule has 0 aliphatic rings. The topological polar surface area (TPSA) is 105 Å². The molecule has 35 heavy (non-hydrogen) atoms. The fourth-order valence-electron chi connectivity index (χ4n) is 3.23. The zero-order valence-electron chi connectivity index (χ0n) is 20.5. The minimum atomic E-state index is -2.17. The Bertz CT molecular complexity index is 1180. The second-order valence-corrected chi connectivity index (χ2v) is 13.8. The van der Waals surface area contributed by atoms with Crippen LogP contribution in [0, 0.1) is 11.6 Å². The Morgan fingerprint density at radius 1 is 1.23 bits per heavy atom. The summed E-state index contributed by atoms with van der Waals surface area (Å²) in [7, 11) is 0.587. The Labute approximate surface area is 203 Å². The molecule has 188 valence electrons. The predicted octanol–water partition coefficient (Wildman–Crippen LogP) is 3.95. The molecule has 1 aromatic heterocycles. The molecule has 1 atom stereocenters. The molecule has 0 aliphatic heterocycles. The number of hydrogen-bond donors (Lipinski definition) is 2. The number of nitrogens with one attached hydrogen (secondary N) is 1. The number of rotatable bonds is 9. The lowest BCUT2D eigenvalue weighted by atomic mass is 10.0. The third-order valence-corrected chi connectivity index (χ3v) is 7.12. The van der Waals surface area contributed by atoms with Gasteiger partial charge in [0.15, 0.2) is 0 Å². The monoisotopic (exact) mass is 505 g/mol. The molecular formula is C24H29F2N3O5Si. The first kappa shape index (κ1) is 27.5. The highest BCUT2D eigenvalue weighted by molar-refractivity contribution is 6.88. The summed E-state index contributed by atoms with van der Waals surface area (Å²) in [6.07, 6.45) is 4.66. The van der Waals surface area contributed by atoms with Crippen LogP contribution in [-0.2, 0) is 9.53 Å². The van der Waals surface area contributed by atoms with E-state index in [0.717, 1.165) is 23.1 Å². The van der Waals surface area contributed by atoms with Gasteiger partial charge in [-0.3, -0.25) is 9.59 Å². The van der Waals surface area contributed by atoms with Gasteiger partial charge in [0.1, 0.15) is 23.4 Å². The molecule has 8 nitrogen and oxygen atoms in total. The van der Waals surface area contributed by atoms with Crippen molar-refractivity contribution in [3.63, 3.8) is 0 Å². The number of benzene rings is 1. The molecule has 0 saturated heterocycles. The Morgan fingerprint density at radius 2 is 1.89 bits per heavy atom. The molecule has 2 aromatic rings. The number of carbonyl (C=O) groups excluding carboxylic acids is 2. The number of allylic oxidation sites excluding steroid dienone is 2. The highest BCUT2D eigenvalue weighted by Gasteiger charge is 2.32. The summed E-state index contributed by atoms with van der Waals surface area (Å²) < 4.78 is 39.4.